The zero-order chi connectivity index (χ0) is 15.6. The summed E-state index contributed by atoms with van der Waals surface area (Å²) in [5, 5.41) is 0. The number of hydrogen-bond acceptors (Lipinski definition) is 3. The lowest BCUT2D eigenvalue weighted by molar-refractivity contribution is -0.274. The van der Waals surface area contributed by atoms with Crippen LogP contribution in [0.5, 0.6) is 5.75 Å². The fourth-order valence-electron chi connectivity index (χ4n) is 1.35. The van der Waals surface area contributed by atoms with Crippen LogP contribution in [0.4, 0.5) is 26.3 Å². The van der Waals surface area contributed by atoms with Crippen molar-refractivity contribution in [2.75, 3.05) is 6.61 Å². The first-order chi connectivity index (χ1) is 9.04. The molecule has 3 nitrogen and oxygen atoms in total. The normalized spacial score (nSPS) is 12.2. The highest BCUT2D eigenvalue weighted by atomic mass is 19.4. The van der Waals surface area contributed by atoms with E-state index in [-0.39, 0.29) is 6.61 Å². The molecule has 0 aliphatic heterocycles. The smallest absolute Gasteiger partial charge is 0.462 e. The van der Waals surface area contributed by atoms with Gasteiger partial charge in [0.1, 0.15) is 5.75 Å². The van der Waals surface area contributed by atoms with Gasteiger partial charge in [-0.25, -0.2) is 4.79 Å². The molecule has 20 heavy (non-hydrogen) atoms. The van der Waals surface area contributed by atoms with E-state index in [1.165, 1.54) is 6.92 Å². The summed E-state index contributed by atoms with van der Waals surface area (Å²) in [6.07, 6.45) is -9.98. The Labute approximate surface area is 109 Å². The summed E-state index contributed by atoms with van der Waals surface area (Å²) in [6, 6.07) is 1.14. The first-order valence-electron chi connectivity index (χ1n) is 5.18. The number of rotatable bonds is 3. The minimum Gasteiger partial charge on any atom is -0.462 e. The summed E-state index contributed by atoms with van der Waals surface area (Å²) >= 11 is 0. The van der Waals surface area contributed by atoms with Gasteiger partial charge < -0.3 is 9.47 Å². The Morgan fingerprint density at radius 1 is 1.15 bits per heavy atom. The molecule has 9 heteroatoms. The van der Waals surface area contributed by atoms with E-state index >= 15 is 0 Å². The molecule has 0 unspecified atom stereocenters. The van der Waals surface area contributed by atoms with Crippen molar-refractivity contribution in [2.24, 2.45) is 0 Å². The molecule has 0 atom stereocenters. The van der Waals surface area contributed by atoms with Crippen LogP contribution in [0.2, 0.25) is 0 Å². The van der Waals surface area contributed by atoms with Crippen molar-refractivity contribution in [2.45, 2.75) is 19.5 Å². The van der Waals surface area contributed by atoms with Crippen LogP contribution in [0.25, 0.3) is 0 Å². The molecule has 0 saturated heterocycles. The predicted octanol–water partition coefficient (Wildman–Crippen LogP) is 3.78. The van der Waals surface area contributed by atoms with Crippen molar-refractivity contribution >= 4 is 5.97 Å². The van der Waals surface area contributed by atoms with Crippen molar-refractivity contribution in [1.29, 1.82) is 0 Å². The number of benzene rings is 1. The standard InChI is InChI=1S/C11H8F6O3/c1-2-19-9(18)7-5-6(20-11(15,16)17)3-4-8(7)10(12,13)14/h3-5H,2H2,1H3. The Balaban J connectivity index is 3.25. The molecule has 112 valence electrons. The molecule has 0 saturated carbocycles. The summed E-state index contributed by atoms with van der Waals surface area (Å²) in [6.45, 7) is 1.13. The first kappa shape index (κ1) is 16.1. The summed E-state index contributed by atoms with van der Waals surface area (Å²) in [5.41, 5.74) is -2.44. The molecule has 0 fully saturated rings. The van der Waals surface area contributed by atoms with Crippen LogP contribution in [0.15, 0.2) is 18.2 Å². The molecule has 0 heterocycles. The average Bonchev–Trinajstić information content (AvgIpc) is 2.25. The molecule has 0 spiro atoms. The van der Waals surface area contributed by atoms with Gasteiger partial charge in [0.15, 0.2) is 0 Å². The first-order valence-corrected chi connectivity index (χ1v) is 5.18. The van der Waals surface area contributed by atoms with Crippen LogP contribution in [0.1, 0.15) is 22.8 Å². The van der Waals surface area contributed by atoms with Crippen LogP contribution < -0.4 is 4.74 Å². The Morgan fingerprint density at radius 2 is 1.75 bits per heavy atom. The number of halogens is 6. The number of esters is 1. The quantitative estimate of drug-likeness (QED) is 0.629. The zero-order valence-corrected chi connectivity index (χ0v) is 9.93. The minimum absolute atomic E-state index is 0.222. The highest BCUT2D eigenvalue weighted by Crippen LogP contribution is 2.35. The average molecular weight is 302 g/mol. The largest absolute Gasteiger partial charge is 0.573 e. The third-order valence-electron chi connectivity index (χ3n) is 2.03. The summed E-state index contributed by atoms with van der Waals surface area (Å²) in [4.78, 5) is 11.4. The molecule has 0 aliphatic rings. The van der Waals surface area contributed by atoms with Crippen LogP contribution in [0.3, 0.4) is 0 Å². The minimum atomic E-state index is -5.08. The second kappa shape index (κ2) is 5.59. The lowest BCUT2D eigenvalue weighted by atomic mass is 10.1. The number of alkyl halides is 6. The maximum atomic E-state index is 12.6. The summed E-state index contributed by atoms with van der Waals surface area (Å²) in [5.74, 6) is -2.32. The van der Waals surface area contributed by atoms with Gasteiger partial charge in [-0.1, -0.05) is 0 Å². The molecule has 1 aromatic rings. The molecule has 1 rings (SSSR count). The van der Waals surface area contributed by atoms with Gasteiger partial charge in [-0.3, -0.25) is 0 Å². The third kappa shape index (κ3) is 4.32. The molecule has 1 aromatic carbocycles. The van der Waals surface area contributed by atoms with E-state index < -0.39 is 35.4 Å². The van der Waals surface area contributed by atoms with E-state index in [9.17, 15) is 31.1 Å². The maximum absolute atomic E-state index is 12.6. The number of ether oxygens (including phenoxy) is 2. The highest BCUT2D eigenvalue weighted by Gasteiger charge is 2.37. The van der Waals surface area contributed by atoms with Crippen molar-refractivity contribution in [3.63, 3.8) is 0 Å². The molecule has 0 bridgehead atoms. The van der Waals surface area contributed by atoms with Crippen molar-refractivity contribution in [3.05, 3.63) is 29.3 Å². The number of carbonyl (C=O) groups excluding carboxylic acids is 1. The molecule has 0 radical (unpaired) electrons. The van der Waals surface area contributed by atoms with E-state index in [1.54, 1.807) is 0 Å². The number of hydrogen-bond donors (Lipinski definition) is 0. The third-order valence-corrected chi connectivity index (χ3v) is 2.03. The van der Waals surface area contributed by atoms with Crippen molar-refractivity contribution in [1.82, 2.24) is 0 Å². The molecular weight excluding hydrogens is 294 g/mol. The van der Waals surface area contributed by atoms with E-state index in [4.69, 9.17) is 0 Å². The van der Waals surface area contributed by atoms with Gasteiger partial charge in [0.25, 0.3) is 0 Å². The van der Waals surface area contributed by atoms with Crippen molar-refractivity contribution in [3.8, 4) is 5.75 Å². The Bertz CT molecular complexity index is 492. The second-order valence-electron chi connectivity index (χ2n) is 3.47. The zero-order valence-electron chi connectivity index (χ0n) is 9.93. The van der Waals surface area contributed by atoms with Crippen LogP contribution in [0, 0.1) is 0 Å². The van der Waals surface area contributed by atoms with Gasteiger partial charge in [-0.15, -0.1) is 13.2 Å². The van der Waals surface area contributed by atoms with Gasteiger partial charge in [-0.05, 0) is 25.1 Å². The lowest BCUT2D eigenvalue weighted by Crippen LogP contribution is -2.19. The van der Waals surface area contributed by atoms with Gasteiger partial charge in [0.05, 0.1) is 17.7 Å². The molecule has 0 amide bonds. The Kier molecular flexibility index (Phi) is 4.51. The van der Waals surface area contributed by atoms with E-state index in [0.29, 0.717) is 18.2 Å². The van der Waals surface area contributed by atoms with Crippen LogP contribution in [-0.4, -0.2) is 18.9 Å². The topological polar surface area (TPSA) is 35.5 Å². The summed E-state index contributed by atoms with van der Waals surface area (Å²) in [7, 11) is 0. The summed E-state index contributed by atoms with van der Waals surface area (Å²) < 4.78 is 81.8. The van der Waals surface area contributed by atoms with Crippen LogP contribution in [-0.2, 0) is 10.9 Å². The molecular formula is C11H8F6O3. The van der Waals surface area contributed by atoms with Gasteiger partial charge in [0.2, 0.25) is 0 Å². The molecule has 0 N–H and O–H groups in total. The van der Waals surface area contributed by atoms with Gasteiger partial charge in [0, 0.05) is 0 Å². The predicted molar refractivity (Wildman–Crippen MR) is 54.1 cm³/mol. The van der Waals surface area contributed by atoms with Gasteiger partial charge >= 0.3 is 18.5 Å². The SMILES string of the molecule is CCOC(=O)c1cc(OC(F)(F)F)ccc1C(F)(F)F. The lowest BCUT2D eigenvalue weighted by Gasteiger charge is -2.14. The van der Waals surface area contributed by atoms with Crippen molar-refractivity contribution < 1.29 is 40.6 Å². The second-order valence-corrected chi connectivity index (χ2v) is 3.47. The Morgan fingerprint density at radius 3 is 2.20 bits per heavy atom. The monoisotopic (exact) mass is 302 g/mol. The number of carbonyl (C=O) groups is 1. The van der Waals surface area contributed by atoms with E-state index in [2.05, 4.69) is 9.47 Å². The van der Waals surface area contributed by atoms with E-state index in [1.807, 2.05) is 0 Å². The van der Waals surface area contributed by atoms with E-state index in [0.717, 1.165) is 0 Å². The fourth-order valence-corrected chi connectivity index (χ4v) is 1.35. The molecule has 0 aliphatic carbocycles. The Hall–Kier alpha value is -1.93. The van der Waals surface area contributed by atoms with Gasteiger partial charge in [-0.2, -0.15) is 13.2 Å². The molecule has 0 aromatic heterocycles. The highest BCUT2D eigenvalue weighted by molar-refractivity contribution is 5.91. The fraction of sp³-hybridized carbons (Fsp3) is 0.364. The van der Waals surface area contributed by atoms with Crippen LogP contribution >= 0.6 is 0 Å². The maximum Gasteiger partial charge on any atom is 0.573 e.